The van der Waals surface area contributed by atoms with E-state index < -0.39 is 4.92 Å². The Morgan fingerprint density at radius 2 is 2.38 bits per heavy atom. The summed E-state index contributed by atoms with van der Waals surface area (Å²) in [6.07, 6.45) is 2.31. The molecule has 2 N–H and O–H groups in total. The molecule has 0 radical (unpaired) electrons. The number of rotatable bonds is 5. The maximum absolute atomic E-state index is 10.8. The molecule has 1 rings (SSSR count). The van der Waals surface area contributed by atoms with Crippen molar-refractivity contribution < 1.29 is 4.92 Å². The van der Waals surface area contributed by atoms with Crippen molar-refractivity contribution in [1.82, 2.24) is 4.98 Å². The van der Waals surface area contributed by atoms with Gasteiger partial charge in [-0.25, -0.2) is 4.98 Å². The van der Waals surface area contributed by atoms with Gasteiger partial charge in [-0.1, -0.05) is 0 Å². The minimum atomic E-state index is -0.438. The molecular weight excluding hydrogens is 276 g/mol. The lowest BCUT2D eigenvalue weighted by Gasteiger charge is -2.17. The minimum Gasteiger partial charge on any atom is -0.354 e. The molecule has 1 aromatic heterocycles. The van der Waals surface area contributed by atoms with Gasteiger partial charge in [0.25, 0.3) is 0 Å². The normalized spacial score (nSPS) is 10.2. The molecule has 0 unspecified atom stereocenters. The lowest BCUT2D eigenvalue weighted by atomic mass is 10.3. The maximum atomic E-state index is 10.8. The van der Waals surface area contributed by atoms with Gasteiger partial charge >= 0.3 is 5.69 Å². The molecule has 0 aromatic carbocycles. The van der Waals surface area contributed by atoms with E-state index in [1.807, 2.05) is 0 Å². The molecule has 16 heavy (non-hydrogen) atoms. The lowest BCUT2D eigenvalue weighted by Crippen LogP contribution is -2.22. The van der Waals surface area contributed by atoms with E-state index in [1.165, 1.54) is 6.07 Å². The fraction of sp³-hybridized carbons (Fsp3) is 0.444. The molecule has 0 atom stereocenters. The lowest BCUT2D eigenvalue weighted by molar-refractivity contribution is -0.384. The average Bonchev–Trinajstić information content (AvgIpc) is 2.25. The van der Waals surface area contributed by atoms with Crippen LogP contribution < -0.4 is 10.6 Å². The van der Waals surface area contributed by atoms with Gasteiger partial charge in [-0.2, -0.15) is 0 Å². The summed E-state index contributed by atoms with van der Waals surface area (Å²) in [6.45, 7) is 1.20. The number of nitrogens with zero attached hydrogens (tertiary/aromatic N) is 3. The summed E-state index contributed by atoms with van der Waals surface area (Å²) in [7, 11) is 1.76. The van der Waals surface area contributed by atoms with E-state index in [0.717, 1.165) is 6.42 Å². The highest BCUT2D eigenvalue weighted by atomic mass is 79.9. The van der Waals surface area contributed by atoms with Crippen LogP contribution in [0, 0.1) is 10.1 Å². The first-order valence-corrected chi connectivity index (χ1v) is 5.56. The fourth-order valence-electron chi connectivity index (χ4n) is 1.28. The largest absolute Gasteiger partial charge is 0.354 e. The van der Waals surface area contributed by atoms with Gasteiger partial charge in [0.2, 0.25) is 5.82 Å². The second kappa shape index (κ2) is 5.76. The van der Waals surface area contributed by atoms with Crippen molar-refractivity contribution in [3.63, 3.8) is 0 Å². The van der Waals surface area contributed by atoms with E-state index in [0.29, 0.717) is 23.4 Å². The molecule has 0 saturated carbocycles. The van der Waals surface area contributed by atoms with Crippen molar-refractivity contribution in [2.24, 2.45) is 5.73 Å². The molecule has 1 aromatic rings. The molecule has 0 fully saturated rings. The van der Waals surface area contributed by atoms with Crippen LogP contribution in [0.5, 0.6) is 0 Å². The van der Waals surface area contributed by atoms with Gasteiger partial charge in [0.05, 0.1) is 4.92 Å². The Morgan fingerprint density at radius 1 is 1.69 bits per heavy atom. The van der Waals surface area contributed by atoms with E-state index in [-0.39, 0.29) is 5.69 Å². The predicted octanol–water partition coefficient (Wildman–Crippen LogP) is 1.54. The molecule has 0 aliphatic rings. The van der Waals surface area contributed by atoms with Gasteiger partial charge in [0, 0.05) is 30.3 Å². The Kier molecular flexibility index (Phi) is 4.63. The predicted molar refractivity (Wildman–Crippen MR) is 65.5 cm³/mol. The Balaban J connectivity index is 2.98. The first-order valence-electron chi connectivity index (χ1n) is 4.77. The van der Waals surface area contributed by atoms with Gasteiger partial charge < -0.3 is 10.6 Å². The Labute approximate surface area is 102 Å². The quantitative estimate of drug-likeness (QED) is 0.656. The van der Waals surface area contributed by atoms with Crippen molar-refractivity contribution >= 4 is 27.4 Å². The molecule has 1 heterocycles. The van der Waals surface area contributed by atoms with Crippen LogP contribution in [-0.2, 0) is 0 Å². The zero-order chi connectivity index (χ0) is 12.1. The van der Waals surface area contributed by atoms with Crippen LogP contribution in [0.1, 0.15) is 6.42 Å². The molecular formula is C9H13BrN4O2. The van der Waals surface area contributed by atoms with Crippen molar-refractivity contribution in [2.75, 3.05) is 25.0 Å². The summed E-state index contributed by atoms with van der Waals surface area (Å²) in [5.74, 6) is 0.363. The molecule has 6 nitrogen and oxygen atoms in total. The summed E-state index contributed by atoms with van der Waals surface area (Å²) >= 11 is 3.16. The second-order valence-electron chi connectivity index (χ2n) is 3.32. The second-order valence-corrected chi connectivity index (χ2v) is 4.23. The number of nitro groups is 1. The highest BCUT2D eigenvalue weighted by Crippen LogP contribution is 2.27. The highest BCUT2D eigenvalue weighted by Gasteiger charge is 2.18. The monoisotopic (exact) mass is 288 g/mol. The average molecular weight is 289 g/mol. The van der Waals surface area contributed by atoms with E-state index in [1.54, 1.807) is 18.1 Å². The Hall–Kier alpha value is -1.21. The summed E-state index contributed by atoms with van der Waals surface area (Å²) in [6, 6.07) is 1.45. The van der Waals surface area contributed by atoms with E-state index >= 15 is 0 Å². The van der Waals surface area contributed by atoms with Gasteiger partial charge in [-0.3, -0.25) is 10.1 Å². The van der Waals surface area contributed by atoms with Crippen LogP contribution in [0.15, 0.2) is 16.7 Å². The van der Waals surface area contributed by atoms with Crippen LogP contribution in [-0.4, -0.2) is 30.0 Å². The molecule has 7 heteroatoms. The molecule has 0 aliphatic heterocycles. The third-order valence-electron chi connectivity index (χ3n) is 2.07. The number of hydrogen-bond acceptors (Lipinski definition) is 5. The first kappa shape index (κ1) is 12.9. The van der Waals surface area contributed by atoms with Crippen molar-refractivity contribution in [2.45, 2.75) is 6.42 Å². The number of pyridine rings is 1. The number of hydrogen-bond donors (Lipinski definition) is 1. The minimum absolute atomic E-state index is 0.00565. The number of nitrogens with two attached hydrogens (primary N) is 1. The summed E-state index contributed by atoms with van der Waals surface area (Å²) in [5, 5.41) is 10.8. The third kappa shape index (κ3) is 3.14. The van der Waals surface area contributed by atoms with Crippen molar-refractivity contribution in [3.05, 3.63) is 26.9 Å². The van der Waals surface area contributed by atoms with E-state index in [9.17, 15) is 10.1 Å². The van der Waals surface area contributed by atoms with Crippen LogP contribution in [0.2, 0.25) is 0 Å². The van der Waals surface area contributed by atoms with E-state index in [4.69, 9.17) is 5.73 Å². The van der Waals surface area contributed by atoms with Crippen molar-refractivity contribution in [1.29, 1.82) is 0 Å². The maximum Gasteiger partial charge on any atom is 0.312 e. The van der Waals surface area contributed by atoms with Crippen LogP contribution in [0.4, 0.5) is 11.5 Å². The molecule has 0 saturated heterocycles. The van der Waals surface area contributed by atoms with Crippen LogP contribution in [0.3, 0.4) is 0 Å². The fourth-order valence-corrected chi connectivity index (χ4v) is 1.60. The summed E-state index contributed by atoms with van der Waals surface area (Å²) in [4.78, 5) is 16.2. The zero-order valence-electron chi connectivity index (χ0n) is 8.89. The van der Waals surface area contributed by atoms with Crippen LogP contribution in [0.25, 0.3) is 0 Å². The van der Waals surface area contributed by atoms with Gasteiger partial charge in [0.1, 0.15) is 0 Å². The van der Waals surface area contributed by atoms with Crippen molar-refractivity contribution in [3.8, 4) is 0 Å². The zero-order valence-corrected chi connectivity index (χ0v) is 10.5. The summed E-state index contributed by atoms with van der Waals surface area (Å²) < 4.78 is 0.593. The molecule has 0 spiro atoms. The molecule has 0 bridgehead atoms. The topological polar surface area (TPSA) is 85.3 Å². The molecule has 0 amide bonds. The Morgan fingerprint density at radius 3 is 2.94 bits per heavy atom. The van der Waals surface area contributed by atoms with Gasteiger partial charge in [-0.15, -0.1) is 0 Å². The third-order valence-corrected chi connectivity index (χ3v) is 2.50. The Bertz CT molecular complexity index is 386. The standard InChI is InChI=1S/C9H13BrN4O2/c1-13(4-2-3-11)9-8(14(15)16)5-7(10)6-12-9/h5-6H,2-4,11H2,1H3. The summed E-state index contributed by atoms with van der Waals surface area (Å²) in [5.41, 5.74) is 5.38. The number of anilines is 1. The van der Waals surface area contributed by atoms with Gasteiger partial charge in [0.15, 0.2) is 0 Å². The van der Waals surface area contributed by atoms with Crippen LogP contribution >= 0.6 is 15.9 Å². The number of halogens is 1. The smallest absolute Gasteiger partial charge is 0.312 e. The first-order chi connectivity index (χ1) is 7.56. The van der Waals surface area contributed by atoms with E-state index in [2.05, 4.69) is 20.9 Å². The molecule has 0 aliphatic carbocycles. The highest BCUT2D eigenvalue weighted by molar-refractivity contribution is 9.10. The SMILES string of the molecule is CN(CCCN)c1ncc(Br)cc1[N+](=O)[O-]. The number of aromatic nitrogens is 1. The van der Waals surface area contributed by atoms with Gasteiger partial charge in [-0.05, 0) is 28.9 Å². The molecule has 88 valence electrons.